The number of hydrogen-bond donors (Lipinski definition) is 1. The molecule has 0 spiro atoms. The molecule has 0 saturated heterocycles. The third kappa shape index (κ3) is 2.63. The first-order valence-electron chi connectivity index (χ1n) is 6.27. The molecule has 0 amide bonds. The molecule has 2 N–H and O–H groups in total. The van der Waals surface area contributed by atoms with Crippen molar-refractivity contribution in [3.63, 3.8) is 0 Å². The number of nitrogens with two attached hydrogens (primary N) is 1. The largest absolute Gasteiger partial charge is 0.497 e. The summed E-state index contributed by atoms with van der Waals surface area (Å²) in [6.45, 7) is 1.19. The van der Waals surface area contributed by atoms with Gasteiger partial charge in [0, 0.05) is 15.5 Å². The Hall–Kier alpha value is -2.01. The van der Waals surface area contributed by atoms with Gasteiger partial charge >= 0.3 is 0 Å². The molecule has 20 heavy (non-hydrogen) atoms. The van der Waals surface area contributed by atoms with Gasteiger partial charge in [0.2, 0.25) is 0 Å². The van der Waals surface area contributed by atoms with E-state index in [1.807, 2.05) is 36.4 Å². The Morgan fingerprint density at radius 1 is 1.05 bits per heavy atom. The van der Waals surface area contributed by atoms with Gasteiger partial charge in [-0.1, -0.05) is 11.8 Å². The van der Waals surface area contributed by atoms with E-state index in [1.165, 1.54) is 0 Å². The number of rotatable bonds is 3. The second-order valence-electron chi connectivity index (χ2n) is 4.31. The van der Waals surface area contributed by atoms with Crippen molar-refractivity contribution in [3.05, 3.63) is 36.4 Å². The van der Waals surface area contributed by atoms with Crippen LogP contribution in [-0.2, 0) is 0 Å². The summed E-state index contributed by atoms with van der Waals surface area (Å²) in [5.74, 6) is 2.36. The van der Waals surface area contributed by atoms with Crippen LogP contribution in [0.1, 0.15) is 0 Å². The zero-order valence-corrected chi connectivity index (χ0v) is 11.9. The fourth-order valence-electron chi connectivity index (χ4n) is 1.94. The van der Waals surface area contributed by atoms with E-state index >= 15 is 0 Å². The predicted molar refractivity (Wildman–Crippen MR) is 79.0 cm³/mol. The summed E-state index contributed by atoms with van der Waals surface area (Å²) in [7, 11) is 1.64. The van der Waals surface area contributed by atoms with Gasteiger partial charge < -0.3 is 19.9 Å². The molecular formula is C15H15NO3S. The maximum absolute atomic E-state index is 6.00. The van der Waals surface area contributed by atoms with Gasteiger partial charge in [0.25, 0.3) is 0 Å². The minimum absolute atomic E-state index is 0.586. The quantitative estimate of drug-likeness (QED) is 0.879. The van der Waals surface area contributed by atoms with Crippen LogP contribution in [0, 0.1) is 0 Å². The minimum atomic E-state index is 0.586. The van der Waals surface area contributed by atoms with E-state index in [2.05, 4.69) is 0 Å². The maximum Gasteiger partial charge on any atom is 0.162 e. The van der Waals surface area contributed by atoms with Crippen molar-refractivity contribution in [2.75, 3.05) is 26.1 Å². The molecule has 0 atom stereocenters. The van der Waals surface area contributed by atoms with Crippen molar-refractivity contribution in [1.82, 2.24) is 0 Å². The van der Waals surface area contributed by atoms with E-state index in [4.69, 9.17) is 19.9 Å². The van der Waals surface area contributed by atoms with Gasteiger partial charge in [0.05, 0.1) is 7.11 Å². The van der Waals surface area contributed by atoms with Crippen molar-refractivity contribution < 1.29 is 14.2 Å². The van der Waals surface area contributed by atoms with Crippen molar-refractivity contribution in [1.29, 1.82) is 0 Å². The molecule has 5 heteroatoms. The van der Waals surface area contributed by atoms with Crippen molar-refractivity contribution in [3.8, 4) is 17.2 Å². The molecule has 2 aromatic carbocycles. The first-order chi connectivity index (χ1) is 9.76. The lowest BCUT2D eigenvalue weighted by Crippen LogP contribution is -2.15. The molecule has 4 nitrogen and oxygen atoms in total. The highest BCUT2D eigenvalue weighted by atomic mass is 32.2. The lowest BCUT2D eigenvalue weighted by molar-refractivity contribution is 0.171. The average Bonchev–Trinajstić information content (AvgIpc) is 2.49. The van der Waals surface area contributed by atoms with Gasteiger partial charge in [-0.15, -0.1) is 0 Å². The number of hydrogen-bond acceptors (Lipinski definition) is 5. The smallest absolute Gasteiger partial charge is 0.162 e. The topological polar surface area (TPSA) is 53.7 Å². The zero-order valence-electron chi connectivity index (χ0n) is 11.1. The molecule has 1 aliphatic heterocycles. The molecular weight excluding hydrogens is 274 g/mol. The standard InChI is InChI=1S/C15H15NO3S/c1-17-10-2-4-12(16)15(8-10)20-11-3-5-13-14(9-11)19-7-6-18-13/h2-5,8-9H,6-7,16H2,1H3. The van der Waals surface area contributed by atoms with Crippen LogP contribution in [0.15, 0.2) is 46.2 Å². The SMILES string of the molecule is COc1ccc(N)c(Sc2ccc3c(c2)OCCO3)c1. The van der Waals surface area contributed by atoms with Crippen LogP contribution in [0.2, 0.25) is 0 Å². The summed E-state index contributed by atoms with van der Waals surface area (Å²) >= 11 is 1.58. The van der Waals surface area contributed by atoms with Gasteiger partial charge in [-0.2, -0.15) is 0 Å². The lowest BCUT2D eigenvalue weighted by Gasteiger charge is -2.18. The average molecular weight is 289 g/mol. The summed E-state index contributed by atoms with van der Waals surface area (Å²) in [6.07, 6.45) is 0. The van der Waals surface area contributed by atoms with Crippen LogP contribution in [0.3, 0.4) is 0 Å². The molecule has 0 aromatic heterocycles. The highest BCUT2D eigenvalue weighted by Crippen LogP contribution is 2.39. The Morgan fingerprint density at radius 2 is 1.85 bits per heavy atom. The van der Waals surface area contributed by atoms with Gasteiger partial charge in [0.1, 0.15) is 19.0 Å². The van der Waals surface area contributed by atoms with E-state index in [0.29, 0.717) is 13.2 Å². The Morgan fingerprint density at radius 3 is 2.65 bits per heavy atom. The molecule has 0 saturated carbocycles. The van der Waals surface area contributed by atoms with E-state index < -0.39 is 0 Å². The number of fused-ring (bicyclic) bond motifs is 1. The first kappa shape index (κ1) is 13.0. The molecule has 1 heterocycles. The monoisotopic (exact) mass is 289 g/mol. The fourth-order valence-corrected chi connectivity index (χ4v) is 2.86. The van der Waals surface area contributed by atoms with Gasteiger partial charge in [-0.25, -0.2) is 0 Å². The van der Waals surface area contributed by atoms with Gasteiger partial charge in [0.15, 0.2) is 11.5 Å². The molecule has 1 aliphatic rings. The predicted octanol–water partition coefficient (Wildman–Crippen LogP) is 3.20. The molecule has 0 unspecified atom stereocenters. The Kier molecular flexibility index (Phi) is 3.60. The summed E-state index contributed by atoms with van der Waals surface area (Å²) in [5.41, 5.74) is 6.72. The normalized spacial score (nSPS) is 13.1. The minimum Gasteiger partial charge on any atom is -0.497 e. The third-order valence-corrected chi connectivity index (χ3v) is 4.03. The van der Waals surface area contributed by atoms with Gasteiger partial charge in [-0.3, -0.25) is 0 Å². The summed E-state index contributed by atoms with van der Waals surface area (Å²) in [5, 5.41) is 0. The van der Waals surface area contributed by atoms with Crippen LogP contribution in [0.5, 0.6) is 17.2 Å². The molecule has 2 aromatic rings. The molecule has 3 rings (SSSR count). The van der Waals surface area contributed by atoms with Crippen LogP contribution in [0.4, 0.5) is 5.69 Å². The first-order valence-corrected chi connectivity index (χ1v) is 7.09. The van der Waals surface area contributed by atoms with Crippen molar-refractivity contribution in [2.24, 2.45) is 0 Å². The van der Waals surface area contributed by atoms with Gasteiger partial charge in [-0.05, 0) is 36.4 Å². The molecule has 0 bridgehead atoms. The highest BCUT2D eigenvalue weighted by molar-refractivity contribution is 7.99. The fraction of sp³-hybridized carbons (Fsp3) is 0.200. The lowest BCUT2D eigenvalue weighted by atomic mass is 10.3. The zero-order chi connectivity index (χ0) is 13.9. The summed E-state index contributed by atoms with van der Waals surface area (Å²) in [6, 6.07) is 11.5. The highest BCUT2D eigenvalue weighted by Gasteiger charge is 2.13. The number of nitrogen functional groups attached to an aromatic ring is 1. The van der Waals surface area contributed by atoms with E-state index in [1.54, 1.807) is 18.9 Å². The van der Waals surface area contributed by atoms with Crippen molar-refractivity contribution >= 4 is 17.4 Å². The number of anilines is 1. The molecule has 0 aliphatic carbocycles. The number of benzene rings is 2. The Balaban J connectivity index is 1.87. The van der Waals surface area contributed by atoms with E-state index in [-0.39, 0.29) is 0 Å². The summed E-state index contributed by atoms with van der Waals surface area (Å²) in [4.78, 5) is 2.01. The maximum atomic E-state index is 6.00. The molecule has 104 valence electrons. The van der Waals surface area contributed by atoms with Crippen LogP contribution < -0.4 is 19.9 Å². The third-order valence-electron chi connectivity index (χ3n) is 2.96. The Labute approximate surface area is 121 Å². The Bertz CT molecular complexity index is 631. The second-order valence-corrected chi connectivity index (χ2v) is 5.43. The number of ether oxygens (including phenoxy) is 3. The second kappa shape index (κ2) is 5.54. The van der Waals surface area contributed by atoms with E-state index in [0.717, 1.165) is 32.7 Å². The van der Waals surface area contributed by atoms with Crippen molar-refractivity contribution in [2.45, 2.75) is 9.79 Å². The molecule has 0 fully saturated rings. The molecule has 0 radical (unpaired) electrons. The number of methoxy groups -OCH3 is 1. The van der Waals surface area contributed by atoms with Crippen LogP contribution in [-0.4, -0.2) is 20.3 Å². The summed E-state index contributed by atoms with van der Waals surface area (Å²) < 4.78 is 16.3. The van der Waals surface area contributed by atoms with Crippen LogP contribution in [0.25, 0.3) is 0 Å². The van der Waals surface area contributed by atoms with Crippen LogP contribution >= 0.6 is 11.8 Å². The van der Waals surface area contributed by atoms with E-state index in [9.17, 15) is 0 Å².